The van der Waals surface area contributed by atoms with E-state index in [9.17, 15) is 13.6 Å². The molecule has 3 N–H and O–H groups in total. The van der Waals surface area contributed by atoms with E-state index in [-0.39, 0.29) is 18.9 Å². The van der Waals surface area contributed by atoms with E-state index >= 15 is 0 Å². The van der Waals surface area contributed by atoms with E-state index in [1.807, 2.05) is 0 Å². The molecule has 0 spiro atoms. The Labute approximate surface area is 115 Å². The Morgan fingerprint density at radius 1 is 1.15 bits per heavy atom. The van der Waals surface area contributed by atoms with Crippen molar-refractivity contribution in [3.05, 3.63) is 65.2 Å². The molecule has 0 saturated carbocycles. The van der Waals surface area contributed by atoms with Crippen LogP contribution in [0.2, 0.25) is 0 Å². The molecule has 0 radical (unpaired) electrons. The van der Waals surface area contributed by atoms with Crippen molar-refractivity contribution in [1.29, 1.82) is 0 Å². The number of amides is 1. The minimum Gasteiger partial charge on any atom is -0.398 e. The van der Waals surface area contributed by atoms with Gasteiger partial charge in [0.1, 0.15) is 11.6 Å². The Bertz CT molecular complexity index is 629. The maximum Gasteiger partial charge on any atom is 0.253 e. The van der Waals surface area contributed by atoms with Crippen molar-refractivity contribution in [3.63, 3.8) is 0 Å². The first-order chi connectivity index (χ1) is 9.58. The van der Waals surface area contributed by atoms with Gasteiger partial charge in [-0.3, -0.25) is 4.79 Å². The van der Waals surface area contributed by atoms with Crippen LogP contribution < -0.4 is 11.1 Å². The highest BCUT2D eigenvalue weighted by atomic mass is 19.1. The summed E-state index contributed by atoms with van der Waals surface area (Å²) in [6, 6.07) is 10.1. The molecule has 5 heteroatoms. The zero-order valence-electron chi connectivity index (χ0n) is 10.7. The van der Waals surface area contributed by atoms with Crippen LogP contribution in [0.1, 0.15) is 15.9 Å². The fourth-order valence-electron chi connectivity index (χ4n) is 1.83. The van der Waals surface area contributed by atoms with Crippen molar-refractivity contribution in [1.82, 2.24) is 5.32 Å². The molecular weight excluding hydrogens is 262 g/mol. The van der Waals surface area contributed by atoms with Gasteiger partial charge < -0.3 is 11.1 Å². The molecule has 2 aromatic rings. The van der Waals surface area contributed by atoms with Crippen molar-refractivity contribution >= 4 is 11.6 Å². The maximum atomic E-state index is 13.4. The van der Waals surface area contributed by atoms with Gasteiger partial charge in [-0.1, -0.05) is 18.2 Å². The van der Waals surface area contributed by atoms with Gasteiger partial charge in [-0.15, -0.1) is 0 Å². The predicted octanol–water partition coefficient (Wildman–Crippen LogP) is 2.52. The second kappa shape index (κ2) is 6.14. The summed E-state index contributed by atoms with van der Waals surface area (Å²) in [5.41, 5.74) is 6.81. The molecule has 0 aliphatic rings. The number of hydrogen-bond acceptors (Lipinski definition) is 2. The van der Waals surface area contributed by atoms with Gasteiger partial charge in [-0.05, 0) is 30.2 Å². The van der Waals surface area contributed by atoms with Crippen molar-refractivity contribution in [2.45, 2.75) is 6.42 Å². The molecule has 104 valence electrons. The van der Waals surface area contributed by atoms with Gasteiger partial charge in [0, 0.05) is 18.3 Å². The third-order valence-corrected chi connectivity index (χ3v) is 2.90. The third-order valence-electron chi connectivity index (χ3n) is 2.90. The number of carbonyl (C=O) groups is 1. The SMILES string of the molecule is Nc1ccccc1C(=O)NCCc1ccc(F)cc1F. The average molecular weight is 276 g/mol. The summed E-state index contributed by atoms with van der Waals surface area (Å²) in [5, 5.41) is 2.65. The van der Waals surface area contributed by atoms with E-state index in [2.05, 4.69) is 5.32 Å². The van der Waals surface area contributed by atoms with Gasteiger partial charge >= 0.3 is 0 Å². The Kier molecular flexibility index (Phi) is 4.30. The Morgan fingerprint density at radius 3 is 2.60 bits per heavy atom. The second-order valence-corrected chi connectivity index (χ2v) is 4.33. The summed E-state index contributed by atoms with van der Waals surface area (Å²) in [4.78, 5) is 11.8. The number of carbonyl (C=O) groups excluding carboxylic acids is 1. The van der Waals surface area contributed by atoms with Crippen molar-refractivity contribution in [2.75, 3.05) is 12.3 Å². The number of para-hydroxylation sites is 1. The Balaban J connectivity index is 1.93. The van der Waals surface area contributed by atoms with Crippen LogP contribution in [-0.4, -0.2) is 12.5 Å². The molecule has 3 nitrogen and oxygen atoms in total. The van der Waals surface area contributed by atoms with E-state index in [0.717, 1.165) is 6.07 Å². The smallest absolute Gasteiger partial charge is 0.253 e. The Morgan fingerprint density at radius 2 is 1.90 bits per heavy atom. The molecule has 20 heavy (non-hydrogen) atoms. The summed E-state index contributed by atoms with van der Waals surface area (Å²) >= 11 is 0. The summed E-state index contributed by atoms with van der Waals surface area (Å²) in [7, 11) is 0. The number of rotatable bonds is 4. The lowest BCUT2D eigenvalue weighted by atomic mass is 10.1. The highest BCUT2D eigenvalue weighted by Gasteiger charge is 2.09. The van der Waals surface area contributed by atoms with Crippen molar-refractivity contribution < 1.29 is 13.6 Å². The predicted molar refractivity (Wildman–Crippen MR) is 73.2 cm³/mol. The lowest BCUT2D eigenvalue weighted by molar-refractivity contribution is 0.0955. The molecule has 0 fully saturated rings. The topological polar surface area (TPSA) is 55.1 Å². The zero-order chi connectivity index (χ0) is 14.5. The van der Waals surface area contributed by atoms with Crippen LogP contribution in [0.3, 0.4) is 0 Å². The van der Waals surface area contributed by atoms with E-state index in [1.165, 1.54) is 12.1 Å². The number of anilines is 1. The van der Waals surface area contributed by atoms with E-state index in [1.54, 1.807) is 24.3 Å². The number of benzene rings is 2. The van der Waals surface area contributed by atoms with Crippen LogP contribution >= 0.6 is 0 Å². The van der Waals surface area contributed by atoms with Gasteiger partial charge in [0.25, 0.3) is 5.91 Å². The maximum absolute atomic E-state index is 13.4. The fraction of sp³-hybridized carbons (Fsp3) is 0.133. The average Bonchev–Trinajstić information content (AvgIpc) is 2.41. The molecule has 0 heterocycles. The lowest BCUT2D eigenvalue weighted by Crippen LogP contribution is -2.26. The van der Waals surface area contributed by atoms with Crippen LogP contribution in [0.25, 0.3) is 0 Å². The minimum atomic E-state index is -0.618. The molecule has 1 amide bonds. The number of nitrogens with two attached hydrogens (primary N) is 1. The standard InChI is InChI=1S/C15H14F2N2O/c16-11-6-5-10(13(17)9-11)7-8-19-15(20)12-3-1-2-4-14(12)18/h1-6,9H,7-8,18H2,(H,19,20). The van der Waals surface area contributed by atoms with Gasteiger partial charge in [0.15, 0.2) is 0 Å². The highest BCUT2D eigenvalue weighted by molar-refractivity contribution is 5.99. The Hall–Kier alpha value is -2.43. The van der Waals surface area contributed by atoms with Gasteiger partial charge in [0.05, 0.1) is 5.56 Å². The number of nitrogen functional groups attached to an aromatic ring is 1. The highest BCUT2D eigenvalue weighted by Crippen LogP contribution is 2.11. The van der Waals surface area contributed by atoms with E-state index in [0.29, 0.717) is 16.8 Å². The fourth-order valence-corrected chi connectivity index (χ4v) is 1.83. The molecule has 2 rings (SSSR count). The monoisotopic (exact) mass is 276 g/mol. The molecule has 0 bridgehead atoms. The van der Waals surface area contributed by atoms with Crippen molar-refractivity contribution in [3.8, 4) is 0 Å². The largest absolute Gasteiger partial charge is 0.398 e. The molecular formula is C15H14F2N2O. The van der Waals surface area contributed by atoms with Gasteiger partial charge in [-0.25, -0.2) is 8.78 Å². The van der Waals surface area contributed by atoms with E-state index < -0.39 is 11.6 Å². The summed E-state index contributed by atoms with van der Waals surface area (Å²) in [6.45, 7) is 0.246. The van der Waals surface area contributed by atoms with Crippen LogP contribution in [0, 0.1) is 11.6 Å². The normalized spacial score (nSPS) is 10.3. The summed E-state index contributed by atoms with van der Waals surface area (Å²) in [6.07, 6.45) is 0.282. The molecule has 0 unspecified atom stereocenters. The summed E-state index contributed by atoms with van der Waals surface area (Å²) in [5.74, 6) is -1.54. The first-order valence-electron chi connectivity index (χ1n) is 6.14. The van der Waals surface area contributed by atoms with Crippen LogP contribution in [-0.2, 0) is 6.42 Å². The van der Waals surface area contributed by atoms with Crippen LogP contribution in [0.4, 0.5) is 14.5 Å². The van der Waals surface area contributed by atoms with E-state index in [4.69, 9.17) is 5.73 Å². The minimum absolute atomic E-state index is 0.246. The van der Waals surface area contributed by atoms with Gasteiger partial charge in [-0.2, -0.15) is 0 Å². The number of nitrogens with one attached hydrogen (secondary N) is 1. The molecule has 0 atom stereocenters. The number of hydrogen-bond donors (Lipinski definition) is 2. The molecule has 0 aliphatic carbocycles. The van der Waals surface area contributed by atoms with Crippen LogP contribution in [0.15, 0.2) is 42.5 Å². The molecule has 2 aromatic carbocycles. The molecule has 0 saturated heterocycles. The second-order valence-electron chi connectivity index (χ2n) is 4.33. The molecule has 0 aliphatic heterocycles. The van der Waals surface area contributed by atoms with Gasteiger partial charge in [0.2, 0.25) is 0 Å². The van der Waals surface area contributed by atoms with Crippen LogP contribution in [0.5, 0.6) is 0 Å². The van der Waals surface area contributed by atoms with Crippen molar-refractivity contribution in [2.24, 2.45) is 0 Å². The number of halogens is 2. The lowest BCUT2D eigenvalue weighted by Gasteiger charge is -2.08. The zero-order valence-corrected chi connectivity index (χ0v) is 10.7. The third kappa shape index (κ3) is 3.32. The summed E-state index contributed by atoms with van der Waals surface area (Å²) < 4.78 is 26.1. The first-order valence-corrected chi connectivity index (χ1v) is 6.14. The molecule has 0 aromatic heterocycles. The quantitative estimate of drug-likeness (QED) is 0.843. The first kappa shape index (κ1) is 14.0.